The van der Waals surface area contributed by atoms with Gasteiger partial charge < -0.3 is 36.6 Å². The largest absolute Gasteiger partial charge is 0.396 e. The van der Waals surface area contributed by atoms with E-state index in [9.17, 15) is 30.3 Å². The summed E-state index contributed by atoms with van der Waals surface area (Å²) in [6.45, 7) is 11.7. The van der Waals surface area contributed by atoms with Crippen molar-refractivity contribution in [2.75, 3.05) is 19.8 Å². The van der Waals surface area contributed by atoms with Gasteiger partial charge in [-0.05, 0) is 132 Å². The molecule has 0 saturated heterocycles. The van der Waals surface area contributed by atoms with Gasteiger partial charge in [-0.2, -0.15) is 0 Å². The molecule has 10 heteroatoms. The molecule has 58 heavy (non-hydrogen) atoms. The van der Waals surface area contributed by atoms with E-state index in [-0.39, 0.29) is 49.7 Å². The summed E-state index contributed by atoms with van der Waals surface area (Å²) < 4.78 is 0. The van der Waals surface area contributed by atoms with E-state index in [4.69, 9.17) is 5.73 Å². The van der Waals surface area contributed by atoms with Crippen LogP contribution in [-0.2, 0) is 16.0 Å². The number of ketones is 1. The first kappa shape index (κ1) is 45.9. The monoisotopic (exact) mass is 802 g/mol. The van der Waals surface area contributed by atoms with Gasteiger partial charge in [0.05, 0.1) is 24.4 Å². The second-order valence-corrected chi connectivity index (χ2v) is 18.0. The summed E-state index contributed by atoms with van der Waals surface area (Å²) in [4.78, 5) is 28.5. The lowest BCUT2D eigenvalue weighted by Crippen LogP contribution is -2.59. The van der Waals surface area contributed by atoms with Crippen LogP contribution in [0.1, 0.15) is 140 Å². The van der Waals surface area contributed by atoms with Crippen molar-refractivity contribution < 1.29 is 35.1 Å². The molecule has 1 aromatic rings. The summed E-state index contributed by atoms with van der Waals surface area (Å²) in [7, 11) is 0. The molecule has 5 rings (SSSR count). The Kier molecular flexibility index (Phi) is 16.1. The molecule has 1 aliphatic heterocycles. The van der Waals surface area contributed by atoms with Crippen LogP contribution in [0.3, 0.4) is 0 Å². The van der Waals surface area contributed by atoms with Crippen LogP contribution in [0.2, 0.25) is 0 Å². The van der Waals surface area contributed by atoms with Gasteiger partial charge in [0.2, 0.25) is 5.91 Å². The van der Waals surface area contributed by atoms with E-state index in [0.29, 0.717) is 55.2 Å². The number of carbonyl (C=O) groups is 2. The smallest absolute Gasteiger partial charge is 0.243 e. The number of fused-ring (bicyclic) bond motifs is 1. The molecule has 8 unspecified atom stereocenters. The van der Waals surface area contributed by atoms with Gasteiger partial charge in [0, 0.05) is 30.9 Å². The maximum atomic E-state index is 15.2. The van der Waals surface area contributed by atoms with Crippen molar-refractivity contribution in [3.05, 3.63) is 93.6 Å². The Morgan fingerprint density at radius 2 is 1.88 bits per heavy atom. The Balaban J connectivity index is 1.56. The van der Waals surface area contributed by atoms with Crippen molar-refractivity contribution in [1.29, 1.82) is 0 Å². The summed E-state index contributed by atoms with van der Waals surface area (Å²) in [5, 5.41) is 62.1. The molecule has 4 aliphatic rings. The van der Waals surface area contributed by atoms with Crippen LogP contribution in [0.4, 0.5) is 0 Å². The molecule has 0 bridgehead atoms. The molecular weight excluding hydrogens is 731 g/mol. The number of hydrogen-bond acceptors (Lipinski definition) is 9. The molecule has 10 nitrogen and oxygen atoms in total. The number of Topliss-reactive ketones (excluding diaryl/α,β-unsaturated/α-hetero) is 1. The van der Waals surface area contributed by atoms with E-state index in [2.05, 4.69) is 37.1 Å². The number of rotatable bonds is 17. The highest BCUT2D eigenvalue weighted by atomic mass is 16.3. The van der Waals surface area contributed by atoms with Gasteiger partial charge in [-0.15, -0.1) is 0 Å². The number of amides is 1. The molecule has 1 spiro atoms. The number of hydrogen-bond donors (Lipinski definition) is 8. The molecule has 320 valence electrons. The molecule has 9 N–H and O–H groups in total. The number of nitrogens with two attached hydrogens (primary N) is 1. The van der Waals surface area contributed by atoms with Gasteiger partial charge >= 0.3 is 0 Å². The molecular formula is C48H71N3O7. The number of carbonyl (C=O) groups excluding carboxylic acids is 2. The Morgan fingerprint density at radius 3 is 2.55 bits per heavy atom. The molecule has 3 aliphatic carbocycles. The van der Waals surface area contributed by atoms with Gasteiger partial charge in [0.25, 0.3) is 0 Å². The molecule has 8 atom stereocenters. The highest BCUT2D eigenvalue weighted by Crippen LogP contribution is 2.63. The Labute approximate surface area is 346 Å². The van der Waals surface area contributed by atoms with Crippen LogP contribution >= 0.6 is 0 Å². The van der Waals surface area contributed by atoms with Gasteiger partial charge in [-0.25, -0.2) is 0 Å². The number of allylic oxidation sites excluding steroid dienone is 8. The minimum Gasteiger partial charge on any atom is -0.396 e. The third-order valence-corrected chi connectivity index (χ3v) is 13.7. The van der Waals surface area contributed by atoms with Crippen LogP contribution in [0.25, 0.3) is 0 Å². The molecule has 0 aromatic heterocycles. The maximum absolute atomic E-state index is 15.2. The van der Waals surface area contributed by atoms with Crippen molar-refractivity contribution in [2.45, 2.75) is 148 Å². The van der Waals surface area contributed by atoms with Crippen molar-refractivity contribution in [2.24, 2.45) is 28.9 Å². The summed E-state index contributed by atoms with van der Waals surface area (Å²) >= 11 is 0. The van der Waals surface area contributed by atoms with Gasteiger partial charge in [0.1, 0.15) is 12.2 Å². The average molecular weight is 802 g/mol. The van der Waals surface area contributed by atoms with Gasteiger partial charge in [0.15, 0.2) is 5.78 Å². The Hall–Kier alpha value is -3.22. The standard InChI is InChI=1S/C48H71N3O7/c1-30(2)13-9-14-31(3)15-10-19-35(29-53)36-23-25-48(44(36)56)39(21-12-26-52)37(22-24-47(48,5)58)41(33-16-7-6-8-17-33)40(55)27-34-18-11-20-38-42(34)43(50-28-32(4)54)46(57)51-45(38)49/h10-11,13,15,18-20,32-33,36,39,43-45,50,52-54,56,58H,3,6-9,12,14,16-17,21-29,49H2,1-2,4-5H3,(H,51,57). The lowest BCUT2D eigenvalue weighted by atomic mass is 9.52. The lowest BCUT2D eigenvalue weighted by Gasteiger charge is -2.56. The first-order valence-corrected chi connectivity index (χ1v) is 21.8. The van der Waals surface area contributed by atoms with E-state index in [1.165, 1.54) is 5.57 Å². The average Bonchev–Trinajstić information content (AvgIpc) is 3.52. The molecule has 1 amide bonds. The van der Waals surface area contributed by atoms with E-state index in [1.54, 1.807) is 6.92 Å². The van der Waals surface area contributed by atoms with E-state index in [1.807, 2.05) is 43.4 Å². The van der Waals surface area contributed by atoms with Crippen LogP contribution in [0.15, 0.2) is 76.9 Å². The van der Waals surface area contributed by atoms with Gasteiger partial charge in [-0.3, -0.25) is 14.9 Å². The first-order valence-electron chi connectivity index (χ1n) is 21.8. The number of aliphatic hydroxyl groups excluding tert-OH is 4. The van der Waals surface area contributed by atoms with E-state index >= 15 is 4.79 Å². The zero-order chi connectivity index (χ0) is 42.2. The van der Waals surface area contributed by atoms with Crippen molar-refractivity contribution in [3.8, 4) is 0 Å². The van der Waals surface area contributed by atoms with Crippen LogP contribution in [-0.4, -0.2) is 74.8 Å². The van der Waals surface area contributed by atoms with E-state index in [0.717, 1.165) is 67.2 Å². The van der Waals surface area contributed by atoms with Gasteiger partial charge in [-0.1, -0.05) is 85.1 Å². The van der Waals surface area contributed by atoms with Crippen molar-refractivity contribution >= 4 is 11.7 Å². The zero-order valence-electron chi connectivity index (χ0n) is 35.4. The topological polar surface area (TPSA) is 185 Å². The van der Waals surface area contributed by atoms with E-state index < -0.39 is 41.3 Å². The SMILES string of the molecule is C=C(C=CC=C(CO)C1CCC2(C(CCCO)C(=C(C(=O)Cc3cccc4c3C(NCC(C)O)C(=O)NC4N)C3CCCCC3)CCC2(C)O)C1O)CCC=C(C)C. The Bertz CT molecular complexity index is 1750. The predicted molar refractivity (Wildman–Crippen MR) is 229 cm³/mol. The molecule has 1 heterocycles. The molecule has 3 fully saturated rings. The minimum atomic E-state index is -1.27. The first-order chi connectivity index (χ1) is 27.7. The van der Waals surface area contributed by atoms with Crippen molar-refractivity contribution in [1.82, 2.24) is 10.6 Å². The lowest BCUT2D eigenvalue weighted by molar-refractivity contribution is -0.168. The second-order valence-electron chi connectivity index (χ2n) is 18.0. The predicted octanol–water partition coefficient (Wildman–Crippen LogP) is 6.24. The Morgan fingerprint density at radius 1 is 1.14 bits per heavy atom. The number of benzene rings is 1. The minimum absolute atomic E-state index is 0.0134. The number of nitrogens with one attached hydrogen (secondary N) is 2. The summed E-state index contributed by atoms with van der Waals surface area (Å²) in [6.07, 6.45) is 15.0. The second kappa shape index (κ2) is 20.4. The highest BCUT2D eigenvalue weighted by molar-refractivity contribution is 5.99. The maximum Gasteiger partial charge on any atom is 0.243 e. The van der Waals surface area contributed by atoms with Crippen LogP contribution in [0, 0.1) is 23.2 Å². The van der Waals surface area contributed by atoms with Crippen LogP contribution < -0.4 is 16.4 Å². The summed E-state index contributed by atoms with van der Waals surface area (Å²) in [6, 6.07) is 4.83. The third kappa shape index (κ3) is 10.0. The fourth-order valence-electron chi connectivity index (χ4n) is 10.8. The highest BCUT2D eigenvalue weighted by Gasteiger charge is 2.64. The fraction of sp³-hybridized carbons (Fsp3) is 0.625. The summed E-state index contributed by atoms with van der Waals surface area (Å²) in [5.74, 6) is -1.10. The molecule has 3 saturated carbocycles. The normalized spacial score (nSPS) is 30.6. The quantitative estimate of drug-likeness (QED) is 0.0513. The summed E-state index contributed by atoms with van der Waals surface area (Å²) in [5.41, 5.74) is 11.0. The fourth-order valence-corrected chi connectivity index (χ4v) is 10.8. The third-order valence-electron chi connectivity index (χ3n) is 13.7. The zero-order valence-corrected chi connectivity index (χ0v) is 35.4. The van der Waals surface area contributed by atoms with Crippen LogP contribution in [0.5, 0.6) is 0 Å². The van der Waals surface area contributed by atoms with Crippen molar-refractivity contribution in [3.63, 3.8) is 0 Å². The number of aliphatic hydroxyl groups is 5. The molecule has 0 radical (unpaired) electrons. The molecule has 1 aromatic carbocycles.